The molecule has 8 heteroatoms. The van der Waals surface area contributed by atoms with Crippen LogP contribution in [0, 0.1) is 5.92 Å². The summed E-state index contributed by atoms with van der Waals surface area (Å²) in [5.74, 6) is -1.48. The number of rotatable bonds is 12. The van der Waals surface area contributed by atoms with Crippen LogP contribution < -0.4 is 4.74 Å². The van der Waals surface area contributed by atoms with E-state index in [-0.39, 0.29) is 34.3 Å². The first-order valence-electron chi connectivity index (χ1n) is 18.8. The molecule has 5 rings (SSSR count). The second kappa shape index (κ2) is 15.0. The van der Waals surface area contributed by atoms with Gasteiger partial charge in [-0.2, -0.15) is 0 Å². The van der Waals surface area contributed by atoms with Gasteiger partial charge in [-0.3, -0.25) is 0 Å². The number of carbonyl (C=O) groups excluding carboxylic acids is 1. The summed E-state index contributed by atoms with van der Waals surface area (Å²) in [6, 6.07) is 5.25. The first-order valence-corrected chi connectivity index (χ1v) is 18.8. The van der Waals surface area contributed by atoms with Crippen molar-refractivity contribution >= 4 is 11.5 Å². The molecule has 0 amide bonds. The number of benzene rings is 2. The molecule has 8 nitrogen and oxygen atoms in total. The van der Waals surface area contributed by atoms with E-state index < -0.39 is 35.3 Å². The number of unbranched alkanes of at least 4 members (excludes halogenated alkanes) is 4. The van der Waals surface area contributed by atoms with Gasteiger partial charge in [-0.25, -0.2) is 4.79 Å². The predicted molar refractivity (Wildman–Crippen MR) is 196 cm³/mol. The Hall–Kier alpha value is -3.49. The number of phenolic OH excluding ortho intramolecular Hbond substituents is 3. The maximum atomic E-state index is 14.4. The van der Waals surface area contributed by atoms with Gasteiger partial charge in [0, 0.05) is 17.1 Å². The topological polar surface area (TPSA) is 137 Å². The third-order valence-corrected chi connectivity index (χ3v) is 11.3. The number of aromatic hydroxyl groups is 3. The molecule has 2 aliphatic carbocycles. The van der Waals surface area contributed by atoms with Crippen molar-refractivity contribution in [2.24, 2.45) is 5.92 Å². The van der Waals surface area contributed by atoms with E-state index in [1.807, 2.05) is 32.9 Å². The highest BCUT2D eigenvalue weighted by Gasteiger charge is 2.51. The van der Waals surface area contributed by atoms with Crippen molar-refractivity contribution in [2.75, 3.05) is 0 Å². The fourth-order valence-electron chi connectivity index (χ4n) is 8.43. The number of hydrogen-bond acceptors (Lipinski definition) is 8. The van der Waals surface area contributed by atoms with E-state index in [1.54, 1.807) is 26.0 Å². The van der Waals surface area contributed by atoms with Crippen LogP contribution in [0.2, 0.25) is 0 Å². The van der Waals surface area contributed by atoms with Gasteiger partial charge in [-0.1, -0.05) is 51.2 Å². The van der Waals surface area contributed by atoms with Crippen molar-refractivity contribution in [3.8, 4) is 23.0 Å². The highest BCUT2D eigenvalue weighted by molar-refractivity contribution is 5.96. The fraction of sp³-hybridized carbons (Fsp3) is 0.595. The summed E-state index contributed by atoms with van der Waals surface area (Å²) in [6.45, 7) is 13.5. The zero-order valence-corrected chi connectivity index (χ0v) is 31.1. The molecule has 0 radical (unpaired) electrons. The number of esters is 1. The Labute approximate surface area is 297 Å². The molecule has 2 aromatic carbocycles. The summed E-state index contributed by atoms with van der Waals surface area (Å²) in [6.07, 6.45) is 9.21. The van der Waals surface area contributed by atoms with Gasteiger partial charge in [0.1, 0.15) is 45.9 Å². The summed E-state index contributed by atoms with van der Waals surface area (Å²) in [5.41, 5.74) is 2.33. The maximum absolute atomic E-state index is 14.4. The van der Waals surface area contributed by atoms with Crippen molar-refractivity contribution in [2.45, 2.75) is 155 Å². The average Bonchev–Trinajstić information content (AvgIpc) is 3.02. The molecule has 3 unspecified atom stereocenters. The molecule has 274 valence electrons. The molecular weight excluding hydrogens is 632 g/mol. The quantitative estimate of drug-likeness (QED) is 0.0847. The predicted octanol–water partition coefficient (Wildman–Crippen LogP) is 8.78. The van der Waals surface area contributed by atoms with Crippen LogP contribution in [0.5, 0.6) is 23.0 Å². The van der Waals surface area contributed by atoms with E-state index in [9.17, 15) is 30.3 Å². The van der Waals surface area contributed by atoms with Gasteiger partial charge in [0.05, 0.1) is 11.7 Å². The number of fused-ring (bicyclic) bond motifs is 2. The Morgan fingerprint density at radius 1 is 0.980 bits per heavy atom. The molecule has 0 saturated heterocycles. The molecule has 1 aliphatic heterocycles. The maximum Gasteiger partial charge on any atom is 0.342 e. The van der Waals surface area contributed by atoms with Gasteiger partial charge in [0.15, 0.2) is 0 Å². The highest BCUT2D eigenvalue weighted by Crippen LogP contribution is 2.54. The van der Waals surface area contributed by atoms with E-state index in [0.29, 0.717) is 48.1 Å². The van der Waals surface area contributed by atoms with Crippen LogP contribution in [-0.4, -0.2) is 54.9 Å². The van der Waals surface area contributed by atoms with Crippen LogP contribution in [0.3, 0.4) is 0 Å². The molecule has 3 aliphatic rings. The molecule has 0 spiro atoms. The van der Waals surface area contributed by atoms with Gasteiger partial charge < -0.3 is 35.0 Å². The number of carbonyl (C=O) groups is 1. The lowest BCUT2D eigenvalue weighted by Gasteiger charge is -2.47. The normalized spacial score (nSPS) is 24.9. The monoisotopic (exact) mass is 690 g/mol. The Morgan fingerprint density at radius 2 is 1.66 bits per heavy atom. The highest BCUT2D eigenvalue weighted by atomic mass is 16.6. The Bertz CT molecular complexity index is 1650. The number of phenols is 3. The van der Waals surface area contributed by atoms with Crippen molar-refractivity contribution in [1.29, 1.82) is 0 Å². The smallest absolute Gasteiger partial charge is 0.342 e. The second-order valence-corrected chi connectivity index (χ2v) is 15.7. The average molecular weight is 691 g/mol. The molecule has 0 saturated carbocycles. The fourth-order valence-corrected chi connectivity index (χ4v) is 8.43. The molecule has 1 heterocycles. The van der Waals surface area contributed by atoms with E-state index >= 15 is 0 Å². The standard InChI is InChI=1S/C42H58O8/c1-8-10-12-14-26-21-31(44)37-33(22-26)49-41(5,6)30-18-19-42(7,39(47)36(30)37)50-40(48)34-27(15-13-11-9-2)23-32(45)35(38(34)46)29-20-24(3)16-17-28(29)25(4)43/h20-23,25,28-29,39,43-47H,8-19H2,1-7H3/t25?,28-,29+,39?,42?/m0/s1. The lowest BCUT2D eigenvalue weighted by molar-refractivity contribution is -0.0694. The Morgan fingerprint density at radius 3 is 2.32 bits per heavy atom. The summed E-state index contributed by atoms with van der Waals surface area (Å²) >= 11 is 0. The van der Waals surface area contributed by atoms with Crippen molar-refractivity contribution in [3.05, 3.63) is 63.2 Å². The molecule has 5 atom stereocenters. The molecule has 50 heavy (non-hydrogen) atoms. The lowest BCUT2D eigenvalue weighted by atomic mass is 9.70. The third-order valence-electron chi connectivity index (χ3n) is 11.3. The molecule has 0 bridgehead atoms. The SMILES string of the molecule is CCCCCc1cc(O)c2c(c1)OC(C)(C)C1=C2C(O)C(C)(OC(=O)c2c(CCCCC)cc(O)c([C@@H]3C=C(C)CC[C@H]3C(C)O)c2O)CC1. The molecule has 0 fully saturated rings. The lowest BCUT2D eigenvalue weighted by Crippen LogP contribution is -2.50. The van der Waals surface area contributed by atoms with E-state index in [0.717, 1.165) is 68.1 Å². The summed E-state index contributed by atoms with van der Waals surface area (Å²) in [4.78, 5) is 14.4. The van der Waals surface area contributed by atoms with Crippen LogP contribution in [0.25, 0.3) is 5.57 Å². The van der Waals surface area contributed by atoms with Crippen LogP contribution in [-0.2, 0) is 17.6 Å². The molecule has 0 aromatic heterocycles. The molecule has 5 N–H and O–H groups in total. The number of hydrogen-bond donors (Lipinski definition) is 5. The van der Waals surface area contributed by atoms with Gasteiger partial charge >= 0.3 is 5.97 Å². The van der Waals surface area contributed by atoms with Crippen molar-refractivity contribution in [1.82, 2.24) is 0 Å². The van der Waals surface area contributed by atoms with Gasteiger partial charge in [0.2, 0.25) is 0 Å². The second-order valence-electron chi connectivity index (χ2n) is 15.7. The molecular formula is C42H58O8. The largest absolute Gasteiger partial charge is 0.507 e. The minimum Gasteiger partial charge on any atom is -0.507 e. The first kappa shape index (κ1) is 37.8. The summed E-state index contributed by atoms with van der Waals surface area (Å²) in [5, 5.41) is 57.5. The molecule has 2 aromatic rings. The van der Waals surface area contributed by atoms with Gasteiger partial charge in [-0.05, 0) is 127 Å². The van der Waals surface area contributed by atoms with Crippen molar-refractivity contribution < 1.29 is 39.8 Å². The van der Waals surface area contributed by atoms with E-state index in [4.69, 9.17) is 9.47 Å². The zero-order valence-electron chi connectivity index (χ0n) is 31.1. The third kappa shape index (κ3) is 7.29. The van der Waals surface area contributed by atoms with Crippen LogP contribution in [0.1, 0.15) is 151 Å². The van der Waals surface area contributed by atoms with Crippen molar-refractivity contribution in [3.63, 3.8) is 0 Å². The Balaban J connectivity index is 1.55. The van der Waals surface area contributed by atoms with E-state index in [2.05, 4.69) is 13.8 Å². The number of aryl methyl sites for hydroxylation is 2. The Kier molecular flexibility index (Phi) is 11.3. The van der Waals surface area contributed by atoms with Gasteiger partial charge in [0.25, 0.3) is 0 Å². The first-order chi connectivity index (χ1) is 23.6. The number of aliphatic hydroxyl groups excluding tert-OH is 2. The number of allylic oxidation sites excluding steroid dienone is 2. The minimum atomic E-state index is -1.40. The van der Waals surface area contributed by atoms with E-state index in [1.165, 1.54) is 0 Å². The van der Waals surface area contributed by atoms with Crippen LogP contribution in [0.15, 0.2) is 35.4 Å². The van der Waals surface area contributed by atoms with Crippen LogP contribution in [0.4, 0.5) is 0 Å². The minimum absolute atomic E-state index is 0.0182. The number of ether oxygens (including phenoxy) is 2. The van der Waals surface area contributed by atoms with Gasteiger partial charge in [-0.15, -0.1) is 0 Å². The zero-order chi connectivity index (χ0) is 36.5. The number of aliphatic hydroxyl groups is 2. The van der Waals surface area contributed by atoms with Crippen LogP contribution >= 0.6 is 0 Å². The summed E-state index contributed by atoms with van der Waals surface area (Å²) in [7, 11) is 0. The summed E-state index contributed by atoms with van der Waals surface area (Å²) < 4.78 is 12.8.